The molecular formula is C11H11Cl2F2NO2. The summed E-state index contributed by atoms with van der Waals surface area (Å²) >= 11 is 11.3. The average molecular weight is 298 g/mol. The van der Waals surface area contributed by atoms with Gasteiger partial charge in [0.1, 0.15) is 5.82 Å². The first-order chi connectivity index (χ1) is 8.40. The fourth-order valence-corrected chi connectivity index (χ4v) is 1.80. The number of carbonyl (C=O) groups is 1. The number of benzene rings is 1. The molecular weight excluding hydrogens is 287 g/mol. The lowest BCUT2D eigenvalue weighted by Crippen LogP contribution is -2.32. The third-order valence-corrected chi connectivity index (χ3v) is 2.86. The van der Waals surface area contributed by atoms with E-state index in [0.717, 1.165) is 0 Å². The minimum atomic E-state index is -2.21. The molecule has 1 aromatic carbocycles. The zero-order valence-electron chi connectivity index (χ0n) is 9.42. The monoisotopic (exact) mass is 297 g/mol. The maximum Gasteiger partial charge on any atom is 0.342 e. The molecule has 1 aromatic rings. The highest BCUT2D eigenvalue weighted by atomic mass is 35.5. The Kier molecular flexibility index (Phi) is 5.31. The van der Waals surface area contributed by atoms with Crippen LogP contribution in [0.15, 0.2) is 12.1 Å². The van der Waals surface area contributed by atoms with Crippen LogP contribution < -0.4 is 5.73 Å². The van der Waals surface area contributed by atoms with Crippen molar-refractivity contribution in [3.63, 3.8) is 0 Å². The van der Waals surface area contributed by atoms with Crippen LogP contribution in [0.25, 0.3) is 0 Å². The Balaban J connectivity index is 3.07. The number of alkyl halides is 1. The Morgan fingerprint density at radius 2 is 2.00 bits per heavy atom. The number of esters is 1. The molecule has 3 nitrogen and oxygen atoms in total. The lowest BCUT2D eigenvalue weighted by Gasteiger charge is -2.18. The highest BCUT2D eigenvalue weighted by Crippen LogP contribution is 2.32. The average Bonchev–Trinajstić information content (AvgIpc) is 2.33. The number of halogens is 4. The molecule has 0 spiro atoms. The van der Waals surface area contributed by atoms with E-state index in [4.69, 9.17) is 28.9 Å². The molecule has 1 rings (SSSR count). The van der Waals surface area contributed by atoms with Crippen molar-refractivity contribution in [2.45, 2.75) is 19.1 Å². The summed E-state index contributed by atoms with van der Waals surface area (Å²) < 4.78 is 31.9. The van der Waals surface area contributed by atoms with E-state index in [1.165, 1.54) is 19.1 Å². The maximum atomic E-state index is 13.7. The molecule has 0 saturated heterocycles. The molecule has 2 atom stereocenters. The Morgan fingerprint density at radius 1 is 1.44 bits per heavy atom. The number of carbonyl (C=O) groups excluding carboxylic acids is 1. The lowest BCUT2D eigenvalue weighted by atomic mass is 10.0. The van der Waals surface area contributed by atoms with Crippen LogP contribution >= 0.6 is 23.2 Å². The number of ether oxygens (including phenoxy) is 1. The Hall–Kier alpha value is -0.910. The van der Waals surface area contributed by atoms with Crippen molar-refractivity contribution >= 4 is 29.2 Å². The third kappa shape index (κ3) is 3.10. The fraction of sp³-hybridized carbons (Fsp3) is 0.364. The van der Waals surface area contributed by atoms with Gasteiger partial charge in [0, 0.05) is 10.6 Å². The molecule has 1 unspecified atom stereocenters. The van der Waals surface area contributed by atoms with Gasteiger partial charge in [0.05, 0.1) is 17.7 Å². The number of hydrogen-bond donors (Lipinski definition) is 1. The predicted molar refractivity (Wildman–Crippen MR) is 64.9 cm³/mol. The molecule has 0 amide bonds. The number of hydrogen-bond acceptors (Lipinski definition) is 3. The summed E-state index contributed by atoms with van der Waals surface area (Å²) in [6.45, 7) is 1.51. The van der Waals surface area contributed by atoms with Gasteiger partial charge in [-0.1, -0.05) is 23.2 Å². The molecule has 0 aliphatic carbocycles. The Bertz CT molecular complexity index is 457. The first-order valence-electron chi connectivity index (χ1n) is 5.09. The summed E-state index contributed by atoms with van der Waals surface area (Å²) in [7, 11) is 0. The van der Waals surface area contributed by atoms with E-state index in [9.17, 15) is 13.6 Å². The smallest absolute Gasteiger partial charge is 0.342 e. The van der Waals surface area contributed by atoms with Crippen molar-refractivity contribution in [2.75, 3.05) is 6.61 Å². The van der Waals surface area contributed by atoms with Crippen molar-refractivity contribution in [3.05, 3.63) is 33.6 Å². The maximum absolute atomic E-state index is 13.7. The summed E-state index contributed by atoms with van der Waals surface area (Å²) in [5.74, 6) is -2.11. The van der Waals surface area contributed by atoms with Crippen molar-refractivity contribution in [1.82, 2.24) is 0 Å². The summed E-state index contributed by atoms with van der Waals surface area (Å²) in [5.41, 5.74) is 5.14. The van der Waals surface area contributed by atoms with Crippen LogP contribution in [0.1, 0.15) is 18.5 Å². The summed E-state index contributed by atoms with van der Waals surface area (Å²) in [6, 6.07) is 0.919. The van der Waals surface area contributed by atoms with Gasteiger partial charge in [-0.2, -0.15) is 0 Å². The second kappa shape index (κ2) is 6.31. The van der Waals surface area contributed by atoms with Gasteiger partial charge in [-0.25, -0.2) is 13.6 Å². The van der Waals surface area contributed by atoms with Crippen LogP contribution in [-0.4, -0.2) is 18.7 Å². The van der Waals surface area contributed by atoms with Gasteiger partial charge < -0.3 is 10.5 Å². The standard InChI is InChI=1S/C11H11Cl2F2NO2/c1-2-18-11(17)9(15)10(16)7-5(12)3-4-6(13)8(7)14/h3-4,9-10H,2,16H2,1H3/t9?,10-/m1/s1. The van der Waals surface area contributed by atoms with Gasteiger partial charge in [0.2, 0.25) is 6.17 Å². The predicted octanol–water partition coefficient (Wildman–Crippen LogP) is 3.03. The first-order valence-corrected chi connectivity index (χ1v) is 5.85. The molecule has 0 aliphatic rings. The first kappa shape index (κ1) is 15.1. The van der Waals surface area contributed by atoms with Gasteiger partial charge in [0.15, 0.2) is 0 Å². The van der Waals surface area contributed by atoms with Crippen molar-refractivity contribution < 1.29 is 18.3 Å². The van der Waals surface area contributed by atoms with E-state index in [0.29, 0.717) is 0 Å². The van der Waals surface area contributed by atoms with Crippen LogP contribution in [0, 0.1) is 5.82 Å². The van der Waals surface area contributed by atoms with Gasteiger partial charge in [-0.15, -0.1) is 0 Å². The van der Waals surface area contributed by atoms with Crippen LogP contribution in [0.5, 0.6) is 0 Å². The molecule has 0 saturated carbocycles. The molecule has 18 heavy (non-hydrogen) atoms. The Labute approximate surface area is 113 Å². The molecule has 0 fully saturated rings. The quantitative estimate of drug-likeness (QED) is 0.686. The van der Waals surface area contributed by atoms with Gasteiger partial charge >= 0.3 is 5.97 Å². The third-order valence-electron chi connectivity index (χ3n) is 2.24. The second-order valence-electron chi connectivity index (χ2n) is 3.44. The minimum absolute atomic E-state index is 0.00225. The number of rotatable bonds is 4. The topological polar surface area (TPSA) is 52.3 Å². The SMILES string of the molecule is CCOC(=O)C(F)[C@H](N)c1c(Cl)ccc(Cl)c1F. The zero-order valence-corrected chi connectivity index (χ0v) is 10.9. The van der Waals surface area contributed by atoms with Crippen molar-refractivity contribution in [1.29, 1.82) is 0 Å². The molecule has 0 bridgehead atoms. The van der Waals surface area contributed by atoms with E-state index in [1.807, 2.05) is 0 Å². The molecule has 0 heterocycles. The summed E-state index contributed by atoms with van der Waals surface area (Å²) in [6.07, 6.45) is -2.21. The van der Waals surface area contributed by atoms with Gasteiger partial charge in [0.25, 0.3) is 0 Å². The molecule has 0 radical (unpaired) electrons. The normalized spacial score (nSPS) is 14.1. The largest absolute Gasteiger partial charge is 0.464 e. The summed E-state index contributed by atoms with van der Waals surface area (Å²) in [5, 5.41) is -0.350. The molecule has 100 valence electrons. The molecule has 0 aromatic heterocycles. The highest BCUT2D eigenvalue weighted by molar-refractivity contribution is 6.33. The number of nitrogens with two attached hydrogens (primary N) is 1. The van der Waals surface area contributed by atoms with Crippen LogP contribution in [0.2, 0.25) is 10.0 Å². The van der Waals surface area contributed by atoms with Crippen LogP contribution in [0.3, 0.4) is 0 Å². The van der Waals surface area contributed by atoms with Crippen LogP contribution in [0.4, 0.5) is 8.78 Å². The van der Waals surface area contributed by atoms with E-state index in [2.05, 4.69) is 4.74 Å². The highest BCUT2D eigenvalue weighted by Gasteiger charge is 2.31. The van der Waals surface area contributed by atoms with E-state index < -0.39 is 24.0 Å². The van der Waals surface area contributed by atoms with E-state index in [1.54, 1.807) is 0 Å². The van der Waals surface area contributed by atoms with Crippen molar-refractivity contribution in [3.8, 4) is 0 Å². The van der Waals surface area contributed by atoms with E-state index in [-0.39, 0.29) is 22.2 Å². The van der Waals surface area contributed by atoms with Gasteiger partial charge in [-0.3, -0.25) is 0 Å². The van der Waals surface area contributed by atoms with Crippen molar-refractivity contribution in [2.24, 2.45) is 5.73 Å². The fourth-order valence-electron chi connectivity index (χ4n) is 1.36. The van der Waals surface area contributed by atoms with E-state index >= 15 is 0 Å². The lowest BCUT2D eigenvalue weighted by molar-refractivity contribution is -0.149. The van der Waals surface area contributed by atoms with Gasteiger partial charge in [-0.05, 0) is 19.1 Å². The zero-order chi connectivity index (χ0) is 13.9. The molecule has 7 heteroatoms. The molecule has 2 N–H and O–H groups in total. The summed E-state index contributed by atoms with van der Waals surface area (Å²) in [4.78, 5) is 11.2. The molecule has 0 aliphatic heterocycles. The van der Waals surface area contributed by atoms with Crippen LogP contribution in [-0.2, 0) is 9.53 Å². The minimum Gasteiger partial charge on any atom is -0.464 e. The Morgan fingerprint density at radius 3 is 2.56 bits per heavy atom. The second-order valence-corrected chi connectivity index (χ2v) is 4.25.